The maximum atomic E-state index is 6.15. The van der Waals surface area contributed by atoms with E-state index in [-0.39, 0.29) is 0 Å². The summed E-state index contributed by atoms with van der Waals surface area (Å²) >= 11 is 0. The molecule has 23 heavy (non-hydrogen) atoms. The van der Waals surface area contributed by atoms with Crippen molar-refractivity contribution in [3.63, 3.8) is 0 Å². The number of rotatable bonds is 5. The van der Waals surface area contributed by atoms with Crippen LogP contribution in [0.25, 0.3) is 0 Å². The molecule has 1 aliphatic carbocycles. The molecular weight excluding hydrogens is 286 g/mol. The Labute approximate surface area is 138 Å². The number of aryl methyl sites for hydroxylation is 1. The minimum atomic E-state index is 0.446. The minimum absolute atomic E-state index is 0.446. The van der Waals surface area contributed by atoms with E-state index in [4.69, 9.17) is 4.74 Å². The Bertz CT molecular complexity index is 625. The van der Waals surface area contributed by atoms with Gasteiger partial charge in [-0.3, -0.25) is 4.90 Å². The Morgan fingerprint density at radius 1 is 1.13 bits per heavy atom. The molecule has 0 radical (unpaired) electrons. The quantitative estimate of drug-likeness (QED) is 0.850. The standard InChI is InChI=1S/C19H25N3O/c1-21-11-18(20-14-21)12-22-9-16-7-19(8-17(16)10-22)23-13-15-5-3-2-4-6-15/h2-6,11,14,16-17,19H,7-10,12-13H2,1H3/t16-,17+,19?. The molecule has 2 heterocycles. The highest BCUT2D eigenvalue weighted by atomic mass is 16.5. The number of benzene rings is 1. The summed E-state index contributed by atoms with van der Waals surface area (Å²) in [6, 6.07) is 10.5. The lowest BCUT2D eigenvalue weighted by Crippen LogP contribution is -2.23. The van der Waals surface area contributed by atoms with Crippen molar-refractivity contribution in [1.82, 2.24) is 14.5 Å². The van der Waals surface area contributed by atoms with Crippen LogP contribution in [0.15, 0.2) is 42.9 Å². The molecule has 1 aromatic heterocycles. The second-order valence-corrected chi connectivity index (χ2v) is 7.13. The Kier molecular flexibility index (Phi) is 4.19. The van der Waals surface area contributed by atoms with Crippen molar-refractivity contribution in [2.75, 3.05) is 13.1 Å². The van der Waals surface area contributed by atoms with Crippen LogP contribution in [0.4, 0.5) is 0 Å². The lowest BCUT2D eigenvalue weighted by atomic mass is 10.0. The predicted octanol–water partition coefficient (Wildman–Crippen LogP) is 2.85. The van der Waals surface area contributed by atoms with E-state index in [1.54, 1.807) is 0 Å². The highest BCUT2D eigenvalue weighted by Gasteiger charge is 2.41. The first kappa shape index (κ1) is 14.9. The molecule has 0 spiro atoms. The fourth-order valence-corrected chi connectivity index (χ4v) is 4.17. The maximum Gasteiger partial charge on any atom is 0.0947 e. The molecule has 0 amide bonds. The highest BCUT2D eigenvalue weighted by molar-refractivity contribution is 5.13. The van der Waals surface area contributed by atoms with Gasteiger partial charge in [0, 0.05) is 32.9 Å². The van der Waals surface area contributed by atoms with Gasteiger partial charge in [-0.1, -0.05) is 30.3 Å². The number of nitrogens with zero attached hydrogens (tertiary/aromatic N) is 3. The number of hydrogen-bond acceptors (Lipinski definition) is 3. The topological polar surface area (TPSA) is 30.3 Å². The third kappa shape index (κ3) is 3.48. The van der Waals surface area contributed by atoms with E-state index < -0.39 is 0 Å². The molecular formula is C19H25N3O. The molecule has 2 aliphatic rings. The molecule has 3 atom stereocenters. The van der Waals surface area contributed by atoms with E-state index in [0.29, 0.717) is 6.10 Å². The third-order valence-corrected chi connectivity index (χ3v) is 5.26. The monoisotopic (exact) mass is 311 g/mol. The molecule has 2 fully saturated rings. The van der Waals surface area contributed by atoms with Crippen molar-refractivity contribution in [3.8, 4) is 0 Å². The lowest BCUT2D eigenvalue weighted by Gasteiger charge is -2.18. The van der Waals surface area contributed by atoms with Gasteiger partial charge < -0.3 is 9.30 Å². The van der Waals surface area contributed by atoms with Crippen molar-refractivity contribution < 1.29 is 4.74 Å². The second-order valence-electron chi connectivity index (χ2n) is 7.13. The van der Waals surface area contributed by atoms with Gasteiger partial charge in [0.05, 0.1) is 24.7 Å². The van der Waals surface area contributed by atoms with Crippen molar-refractivity contribution >= 4 is 0 Å². The largest absolute Gasteiger partial charge is 0.374 e. The highest BCUT2D eigenvalue weighted by Crippen LogP contribution is 2.40. The van der Waals surface area contributed by atoms with Gasteiger partial charge in [-0.2, -0.15) is 0 Å². The summed E-state index contributed by atoms with van der Waals surface area (Å²) < 4.78 is 8.18. The smallest absolute Gasteiger partial charge is 0.0947 e. The zero-order chi connectivity index (χ0) is 15.6. The zero-order valence-electron chi connectivity index (χ0n) is 13.8. The molecule has 0 N–H and O–H groups in total. The number of imidazole rings is 1. The summed E-state index contributed by atoms with van der Waals surface area (Å²) in [6.45, 7) is 4.14. The van der Waals surface area contributed by atoms with Crippen LogP contribution in [0, 0.1) is 11.8 Å². The SMILES string of the molecule is Cn1cnc(CN2C[C@H]3CC(OCc4ccccc4)C[C@H]3C2)c1. The van der Waals surface area contributed by atoms with Crippen LogP contribution >= 0.6 is 0 Å². The van der Waals surface area contributed by atoms with Gasteiger partial charge in [-0.25, -0.2) is 4.98 Å². The first-order chi connectivity index (χ1) is 11.3. The zero-order valence-corrected chi connectivity index (χ0v) is 13.8. The lowest BCUT2D eigenvalue weighted by molar-refractivity contribution is 0.0373. The molecule has 122 valence electrons. The van der Waals surface area contributed by atoms with Crippen LogP contribution in [-0.4, -0.2) is 33.6 Å². The predicted molar refractivity (Wildman–Crippen MR) is 89.7 cm³/mol. The number of aromatic nitrogens is 2. The molecule has 1 aromatic carbocycles. The van der Waals surface area contributed by atoms with Crippen molar-refractivity contribution in [3.05, 3.63) is 54.1 Å². The van der Waals surface area contributed by atoms with E-state index in [9.17, 15) is 0 Å². The molecule has 4 nitrogen and oxygen atoms in total. The average Bonchev–Trinajstić information content (AvgIpc) is 3.21. The van der Waals surface area contributed by atoms with E-state index in [0.717, 1.165) is 25.0 Å². The summed E-state index contributed by atoms with van der Waals surface area (Å²) in [4.78, 5) is 7.01. The van der Waals surface area contributed by atoms with Crippen LogP contribution < -0.4 is 0 Å². The molecule has 1 saturated heterocycles. The van der Waals surface area contributed by atoms with E-state index >= 15 is 0 Å². The number of fused-ring (bicyclic) bond motifs is 1. The molecule has 1 unspecified atom stereocenters. The van der Waals surface area contributed by atoms with E-state index in [2.05, 4.69) is 46.4 Å². The van der Waals surface area contributed by atoms with Gasteiger partial charge >= 0.3 is 0 Å². The normalized spacial score (nSPS) is 27.4. The molecule has 1 saturated carbocycles. The van der Waals surface area contributed by atoms with Crippen LogP contribution in [0.2, 0.25) is 0 Å². The molecule has 4 heteroatoms. The van der Waals surface area contributed by atoms with Crippen LogP contribution in [0.1, 0.15) is 24.1 Å². The number of ether oxygens (including phenoxy) is 1. The van der Waals surface area contributed by atoms with E-state index in [1.807, 2.05) is 17.9 Å². The Morgan fingerprint density at radius 2 is 1.87 bits per heavy atom. The Balaban J connectivity index is 1.25. The minimum Gasteiger partial charge on any atom is -0.374 e. The van der Waals surface area contributed by atoms with Gasteiger partial charge in [-0.05, 0) is 30.2 Å². The Hall–Kier alpha value is -1.65. The molecule has 1 aliphatic heterocycles. The van der Waals surface area contributed by atoms with Gasteiger partial charge in [0.25, 0.3) is 0 Å². The van der Waals surface area contributed by atoms with Gasteiger partial charge in [0.2, 0.25) is 0 Å². The fraction of sp³-hybridized carbons (Fsp3) is 0.526. The second kappa shape index (κ2) is 6.46. The van der Waals surface area contributed by atoms with E-state index in [1.165, 1.54) is 37.2 Å². The summed E-state index contributed by atoms with van der Waals surface area (Å²) in [7, 11) is 2.03. The van der Waals surface area contributed by atoms with Gasteiger partial charge in [0.1, 0.15) is 0 Å². The summed E-state index contributed by atoms with van der Waals surface area (Å²) in [5, 5.41) is 0. The molecule has 4 rings (SSSR count). The van der Waals surface area contributed by atoms with Crippen LogP contribution in [0.3, 0.4) is 0 Å². The van der Waals surface area contributed by atoms with Crippen molar-refractivity contribution in [2.45, 2.75) is 32.1 Å². The van der Waals surface area contributed by atoms with Crippen molar-refractivity contribution in [2.24, 2.45) is 18.9 Å². The van der Waals surface area contributed by atoms with Gasteiger partial charge in [0.15, 0.2) is 0 Å². The maximum absolute atomic E-state index is 6.15. The number of likely N-dealkylation sites (tertiary alicyclic amines) is 1. The first-order valence-electron chi connectivity index (χ1n) is 8.61. The van der Waals surface area contributed by atoms with Crippen LogP contribution in [-0.2, 0) is 24.9 Å². The molecule has 0 bridgehead atoms. The Morgan fingerprint density at radius 3 is 2.52 bits per heavy atom. The number of hydrogen-bond donors (Lipinski definition) is 0. The van der Waals surface area contributed by atoms with Crippen molar-refractivity contribution in [1.29, 1.82) is 0 Å². The third-order valence-electron chi connectivity index (χ3n) is 5.26. The fourth-order valence-electron chi connectivity index (χ4n) is 4.17. The summed E-state index contributed by atoms with van der Waals surface area (Å²) in [5.74, 6) is 1.61. The summed E-state index contributed by atoms with van der Waals surface area (Å²) in [6.07, 6.45) is 6.90. The summed E-state index contributed by atoms with van der Waals surface area (Å²) in [5.41, 5.74) is 2.46. The average molecular weight is 311 g/mol. The van der Waals surface area contributed by atoms with Crippen LogP contribution in [0.5, 0.6) is 0 Å². The molecule has 2 aromatic rings. The van der Waals surface area contributed by atoms with Gasteiger partial charge in [-0.15, -0.1) is 0 Å². The first-order valence-corrected chi connectivity index (χ1v) is 8.61.